The van der Waals surface area contributed by atoms with Gasteiger partial charge in [-0.2, -0.15) is 8.42 Å². The fraction of sp³-hybridized carbons (Fsp3) is 0.458. The molecule has 10 heteroatoms. The van der Waals surface area contributed by atoms with Gasteiger partial charge in [0, 0.05) is 55.0 Å². The van der Waals surface area contributed by atoms with Crippen molar-refractivity contribution in [2.45, 2.75) is 56.8 Å². The van der Waals surface area contributed by atoms with Crippen molar-refractivity contribution in [1.82, 2.24) is 10.2 Å². The lowest BCUT2D eigenvalue weighted by Gasteiger charge is -2.27. The number of benzene rings is 1. The zero-order valence-electron chi connectivity index (χ0n) is 19.7. The first-order valence-electron chi connectivity index (χ1n) is 11.3. The van der Waals surface area contributed by atoms with Crippen LogP contribution in [0.15, 0.2) is 47.0 Å². The van der Waals surface area contributed by atoms with Gasteiger partial charge in [0.25, 0.3) is 21.9 Å². The van der Waals surface area contributed by atoms with Crippen molar-refractivity contribution in [1.29, 1.82) is 0 Å². The number of nitrogens with zero attached hydrogens (tertiary/aromatic N) is 2. The Bertz CT molecular complexity index is 1140. The van der Waals surface area contributed by atoms with Gasteiger partial charge in [-0.15, -0.1) is 0 Å². The number of unbranched alkanes of at least 4 members (excludes halogenated alkanes) is 2. The second-order valence-corrected chi connectivity index (χ2v) is 10.3. The van der Waals surface area contributed by atoms with E-state index in [1.807, 2.05) is 26.8 Å². The van der Waals surface area contributed by atoms with Crippen LogP contribution in [0.2, 0.25) is 0 Å². The molecular weight excluding hydrogens is 458 g/mol. The smallest absolute Gasteiger partial charge is 0.294 e. The van der Waals surface area contributed by atoms with Crippen LogP contribution in [0.4, 0.5) is 5.69 Å². The molecule has 2 heterocycles. The molecule has 0 spiro atoms. The summed E-state index contributed by atoms with van der Waals surface area (Å²) in [5.41, 5.74) is 2.43. The van der Waals surface area contributed by atoms with Crippen LogP contribution in [-0.2, 0) is 29.9 Å². The molecule has 0 atom stereocenters. The van der Waals surface area contributed by atoms with E-state index in [1.54, 1.807) is 6.07 Å². The lowest BCUT2D eigenvalue weighted by atomic mass is 9.84. The number of nitrogens with one attached hydrogen (secondary N) is 1. The highest BCUT2D eigenvalue weighted by molar-refractivity contribution is 7.85. The molecule has 1 aromatic rings. The van der Waals surface area contributed by atoms with E-state index in [1.165, 1.54) is 24.3 Å². The molecule has 2 aliphatic rings. The molecule has 34 heavy (non-hydrogen) atoms. The molecule has 3 rings (SSSR count). The van der Waals surface area contributed by atoms with E-state index in [2.05, 4.69) is 10.2 Å². The van der Waals surface area contributed by atoms with Crippen LogP contribution in [0.5, 0.6) is 0 Å². The monoisotopic (exact) mass is 489 g/mol. The molecule has 9 nitrogen and oxygen atoms in total. The fourth-order valence-corrected chi connectivity index (χ4v) is 5.06. The first-order chi connectivity index (χ1) is 16.0. The number of anilines is 1. The third kappa shape index (κ3) is 5.39. The molecule has 0 saturated heterocycles. The van der Waals surface area contributed by atoms with Crippen molar-refractivity contribution < 1.29 is 27.4 Å². The molecule has 0 fully saturated rings. The van der Waals surface area contributed by atoms with E-state index in [4.69, 9.17) is 0 Å². The summed E-state index contributed by atoms with van der Waals surface area (Å²) in [5, 5.41) is 2.74. The Labute approximate surface area is 200 Å². The second kappa shape index (κ2) is 10.1. The number of hydrogen-bond acceptors (Lipinski definition) is 6. The van der Waals surface area contributed by atoms with Crippen LogP contribution in [0.25, 0.3) is 0 Å². The Balaban J connectivity index is 1.48. The maximum atomic E-state index is 12.1. The molecule has 2 aliphatic heterocycles. The van der Waals surface area contributed by atoms with E-state index < -0.39 is 15.5 Å². The third-order valence-electron chi connectivity index (χ3n) is 6.28. The average Bonchev–Trinajstić information content (AvgIpc) is 3.19. The van der Waals surface area contributed by atoms with Crippen LogP contribution >= 0.6 is 0 Å². The van der Waals surface area contributed by atoms with Crippen LogP contribution in [-0.4, -0.2) is 55.2 Å². The average molecular weight is 490 g/mol. The topological polar surface area (TPSA) is 124 Å². The fourth-order valence-electron chi connectivity index (χ4n) is 4.55. The predicted octanol–water partition coefficient (Wildman–Crippen LogP) is 2.54. The second-order valence-electron chi connectivity index (χ2n) is 8.93. The highest BCUT2D eigenvalue weighted by atomic mass is 32.2. The highest BCUT2D eigenvalue weighted by Gasteiger charge is 2.40. The Kier molecular flexibility index (Phi) is 7.62. The molecule has 2 N–H and O–H groups in total. The molecule has 0 aliphatic carbocycles. The van der Waals surface area contributed by atoms with Gasteiger partial charge in [0.2, 0.25) is 5.91 Å². The summed E-state index contributed by atoms with van der Waals surface area (Å²) < 4.78 is 32.6. The quantitative estimate of drug-likeness (QED) is 0.294. The normalized spacial score (nSPS) is 18.2. The van der Waals surface area contributed by atoms with Gasteiger partial charge in [-0.3, -0.25) is 23.8 Å². The summed E-state index contributed by atoms with van der Waals surface area (Å²) in [5.74, 6) is -0.840. The number of carbonyl (C=O) groups is 3. The van der Waals surface area contributed by atoms with Crippen LogP contribution in [0.3, 0.4) is 0 Å². The lowest BCUT2D eigenvalue weighted by molar-refractivity contribution is -0.137. The maximum absolute atomic E-state index is 12.1. The van der Waals surface area contributed by atoms with Gasteiger partial charge in [-0.25, -0.2) is 0 Å². The minimum absolute atomic E-state index is 0.114. The number of allylic oxidation sites excluding steroid dienone is 2. The lowest BCUT2D eigenvalue weighted by Crippen LogP contribution is -2.38. The molecule has 3 amide bonds. The van der Waals surface area contributed by atoms with Crippen LogP contribution in [0.1, 0.15) is 52.0 Å². The number of fused-ring (bicyclic) bond motifs is 1. The molecule has 1 aromatic carbocycles. The first kappa shape index (κ1) is 25.6. The molecular formula is C24H31N3O6S. The van der Waals surface area contributed by atoms with E-state index in [0.29, 0.717) is 12.8 Å². The first-order valence-corrected chi connectivity index (χ1v) is 12.8. The summed E-state index contributed by atoms with van der Waals surface area (Å²) in [6.45, 7) is 7.11. The Hall–Kier alpha value is -2.98. The third-order valence-corrected chi connectivity index (χ3v) is 7.13. The Morgan fingerprint density at radius 3 is 2.35 bits per heavy atom. The van der Waals surface area contributed by atoms with Crippen molar-refractivity contribution in [3.8, 4) is 0 Å². The summed E-state index contributed by atoms with van der Waals surface area (Å²) in [4.78, 5) is 38.2. The van der Waals surface area contributed by atoms with Gasteiger partial charge in [0.05, 0.1) is 4.90 Å². The molecule has 0 radical (unpaired) electrons. The summed E-state index contributed by atoms with van der Waals surface area (Å²) in [6, 6.07) is 4.69. The Morgan fingerprint density at radius 1 is 1.06 bits per heavy atom. The van der Waals surface area contributed by atoms with E-state index in [0.717, 1.165) is 41.2 Å². The summed E-state index contributed by atoms with van der Waals surface area (Å²) in [6.07, 6.45) is 7.18. The number of carbonyl (C=O) groups excluding carboxylic acids is 3. The number of rotatable bonds is 10. The van der Waals surface area contributed by atoms with Crippen molar-refractivity contribution in [3.05, 3.63) is 47.7 Å². The van der Waals surface area contributed by atoms with Crippen molar-refractivity contribution >= 4 is 33.5 Å². The van der Waals surface area contributed by atoms with Gasteiger partial charge in [-0.05, 0) is 43.5 Å². The zero-order valence-corrected chi connectivity index (χ0v) is 20.5. The largest absolute Gasteiger partial charge is 0.354 e. The van der Waals surface area contributed by atoms with E-state index in [9.17, 15) is 27.4 Å². The van der Waals surface area contributed by atoms with E-state index in [-0.39, 0.29) is 35.7 Å². The molecule has 0 aromatic heterocycles. The summed E-state index contributed by atoms with van der Waals surface area (Å²) in [7, 11) is -4.28. The Morgan fingerprint density at radius 2 is 1.74 bits per heavy atom. The molecule has 0 bridgehead atoms. The molecule has 0 saturated carbocycles. The summed E-state index contributed by atoms with van der Waals surface area (Å²) >= 11 is 0. The van der Waals surface area contributed by atoms with Gasteiger partial charge >= 0.3 is 0 Å². The van der Waals surface area contributed by atoms with Gasteiger partial charge in [0.1, 0.15) is 0 Å². The van der Waals surface area contributed by atoms with Gasteiger partial charge in [0.15, 0.2) is 0 Å². The number of hydrogen-bond donors (Lipinski definition) is 2. The van der Waals surface area contributed by atoms with Crippen LogP contribution < -0.4 is 10.2 Å². The predicted molar refractivity (Wildman–Crippen MR) is 128 cm³/mol. The minimum atomic E-state index is -4.28. The maximum Gasteiger partial charge on any atom is 0.294 e. The van der Waals surface area contributed by atoms with Crippen molar-refractivity contribution in [2.75, 3.05) is 24.5 Å². The van der Waals surface area contributed by atoms with Crippen LogP contribution in [0, 0.1) is 0 Å². The van der Waals surface area contributed by atoms with Crippen molar-refractivity contribution in [3.63, 3.8) is 0 Å². The SMILES string of the molecule is CC=C1N(CCCCCC(=O)NCCN2C(=O)C=CC2=O)c2ccc(S(=O)(=O)O)cc2C1(C)C. The standard InChI is InChI=1S/C24H31N3O6S/c1-4-20-24(2,3)18-16-17(34(31,32)33)9-10-19(18)26(20)14-7-5-6-8-21(28)25-13-15-27-22(29)11-12-23(27)30/h4,9-12,16H,5-8,13-15H2,1-3H3,(H,25,28)(H,31,32,33). The van der Waals surface area contributed by atoms with Gasteiger partial charge < -0.3 is 10.2 Å². The van der Waals surface area contributed by atoms with Crippen molar-refractivity contribution in [2.24, 2.45) is 0 Å². The molecule has 184 valence electrons. The minimum Gasteiger partial charge on any atom is -0.354 e. The molecule has 0 unspecified atom stereocenters. The number of amides is 3. The number of imide groups is 1. The highest BCUT2D eigenvalue weighted by Crippen LogP contribution is 2.48. The van der Waals surface area contributed by atoms with E-state index >= 15 is 0 Å². The zero-order chi connectivity index (χ0) is 25.1. The van der Waals surface area contributed by atoms with Gasteiger partial charge in [-0.1, -0.05) is 26.3 Å².